The maximum Gasteiger partial charge on any atom is 0.272 e. The van der Waals surface area contributed by atoms with E-state index in [9.17, 15) is 9.59 Å². The molecule has 3 rings (SSSR count). The zero-order valence-electron chi connectivity index (χ0n) is 15.1. The number of likely N-dealkylation sites (tertiary alicyclic amines) is 1. The molecule has 0 radical (unpaired) electrons. The highest BCUT2D eigenvalue weighted by Crippen LogP contribution is 2.40. The van der Waals surface area contributed by atoms with E-state index in [1.165, 1.54) is 12.8 Å². The molecule has 1 N–H and O–H groups in total. The van der Waals surface area contributed by atoms with Gasteiger partial charge in [0.2, 0.25) is 5.91 Å². The highest BCUT2D eigenvalue weighted by Gasteiger charge is 2.34. The zero-order chi connectivity index (χ0) is 17.5. The summed E-state index contributed by atoms with van der Waals surface area (Å²) in [5.41, 5.74) is 1.51. The van der Waals surface area contributed by atoms with E-state index in [-0.39, 0.29) is 23.3 Å². The van der Waals surface area contributed by atoms with E-state index in [1.54, 1.807) is 7.05 Å². The van der Waals surface area contributed by atoms with Gasteiger partial charge in [-0.25, -0.2) is 0 Å². The standard InChI is InChI=1S/C18H28N4O2/c1-18(2,3)22-15(11-14(20-22)12-5-6-12)17(24)21-9-7-13(8-10-21)16(23)19-4/h11-13H,5-10H2,1-4H3,(H,19,23). The van der Waals surface area contributed by atoms with Crippen LogP contribution in [0.15, 0.2) is 6.07 Å². The second kappa shape index (κ2) is 6.22. The first-order valence-corrected chi connectivity index (χ1v) is 8.92. The summed E-state index contributed by atoms with van der Waals surface area (Å²) in [6.45, 7) is 7.48. The first-order valence-electron chi connectivity index (χ1n) is 8.92. The van der Waals surface area contributed by atoms with E-state index in [4.69, 9.17) is 5.10 Å². The normalized spacial score (nSPS) is 19.4. The van der Waals surface area contributed by atoms with Crippen molar-refractivity contribution in [1.82, 2.24) is 20.0 Å². The van der Waals surface area contributed by atoms with Gasteiger partial charge in [-0.1, -0.05) is 0 Å². The largest absolute Gasteiger partial charge is 0.359 e. The summed E-state index contributed by atoms with van der Waals surface area (Å²) in [5, 5.41) is 7.43. The molecule has 6 nitrogen and oxygen atoms in total. The van der Waals surface area contributed by atoms with Gasteiger partial charge in [0.15, 0.2) is 0 Å². The molecule has 1 aromatic heterocycles. The Bertz CT molecular complexity index is 632. The van der Waals surface area contributed by atoms with Crippen molar-refractivity contribution in [1.29, 1.82) is 0 Å². The van der Waals surface area contributed by atoms with Crippen LogP contribution in [0.5, 0.6) is 0 Å². The molecule has 0 spiro atoms. The monoisotopic (exact) mass is 332 g/mol. The lowest BCUT2D eigenvalue weighted by atomic mass is 9.95. The van der Waals surface area contributed by atoms with Gasteiger partial charge in [-0.05, 0) is 52.5 Å². The lowest BCUT2D eigenvalue weighted by Gasteiger charge is -2.32. The van der Waals surface area contributed by atoms with Crippen molar-refractivity contribution in [3.05, 3.63) is 17.5 Å². The van der Waals surface area contributed by atoms with Crippen LogP contribution in [0.3, 0.4) is 0 Å². The first kappa shape index (κ1) is 17.0. The summed E-state index contributed by atoms with van der Waals surface area (Å²) in [7, 11) is 1.67. The van der Waals surface area contributed by atoms with Crippen LogP contribution in [-0.2, 0) is 10.3 Å². The third-order valence-electron chi connectivity index (χ3n) is 4.98. The molecule has 2 amide bonds. The van der Waals surface area contributed by atoms with Crippen LogP contribution in [0, 0.1) is 5.92 Å². The fourth-order valence-electron chi connectivity index (χ4n) is 3.35. The number of piperidine rings is 1. The molecular weight excluding hydrogens is 304 g/mol. The van der Waals surface area contributed by atoms with Crippen LogP contribution in [0.1, 0.15) is 68.6 Å². The fraction of sp³-hybridized carbons (Fsp3) is 0.722. The third kappa shape index (κ3) is 3.32. The lowest BCUT2D eigenvalue weighted by molar-refractivity contribution is -0.125. The topological polar surface area (TPSA) is 67.2 Å². The van der Waals surface area contributed by atoms with Crippen molar-refractivity contribution < 1.29 is 9.59 Å². The lowest BCUT2D eigenvalue weighted by Crippen LogP contribution is -2.43. The molecule has 1 aliphatic carbocycles. The highest BCUT2D eigenvalue weighted by molar-refractivity contribution is 5.93. The Morgan fingerprint density at radius 1 is 1.17 bits per heavy atom. The van der Waals surface area contributed by atoms with E-state index in [2.05, 4.69) is 26.1 Å². The minimum atomic E-state index is -0.224. The molecule has 1 saturated heterocycles. The van der Waals surface area contributed by atoms with Gasteiger partial charge in [-0.2, -0.15) is 5.10 Å². The minimum absolute atomic E-state index is 0.0219. The van der Waals surface area contributed by atoms with Crippen LogP contribution in [-0.4, -0.2) is 46.6 Å². The molecule has 24 heavy (non-hydrogen) atoms. The molecule has 1 aliphatic heterocycles. The number of carbonyl (C=O) groups excluding carboxylic acids is 2. The summed E-state index contributed by atoms with van der Waals surface area (Å²) in [5.74, 6) is 0.672. The van der Waals surface area contributed by atoms with Crippen LogP contribution in [0.4, 0.5) is 0 Å². The molecule has 0 bridgehead atoms. The summed E-state index contributed by atoms with van der Waals surface area (Å²) in [4.78, 5) is 26.7. The van der Waals surface area contributed by atoms with Crippen LogP contribution < -0.4 is 5.32 Å². The number of nitrogens with zero attached hydrogens (tertiary/aromatic N) is 3. The van der Waals surface area contributed by atoms with Crippen molar-refractivity contribution in [3.8, 4) is 0 Å². The number of carbonyl (C=O) groups is 2. The molecular formula is C18H28N4O2. The summed E-state index contributed by atoms with van der Waals surface area (Å²) in [6.07, 6.45) is 3.80. The summed E-state index contributed by atoms with van der Waals surface area (Å²) < 4.78 is 1.88. The molecule has 132 valence electrons. The molecule has 2 fully saturated rings. The number of rotatable bonds is 3. The molecule has 0 aromatic carbocycles. The van der Waals surface area contributed by atoms with Crippen molar-refractivity contribution in [2.24, 2.45) is 5.92 Å². The SMILES string of the molecule is CNC(=O)C1CCN(C(=O)c2cc(C3CC3)nn2C(C)(C)C)CC1. The van der Waals surface area contributed by atoms with Gasteiger partial charge in [0.25, 0.3) is 5.91 Å². The van der Waals surface area contributed by atoms with Crippen LogP contribution in [0.2, 0.25) is 0 Å². The Hall–Kier alpha value is -1.85. The number of hydrogen-bond donors (Lipinski definition) is 1. The summed E-state index contributed by atoms with van der Waals surface area (Å²) in [6, 6.07) is 1.98. The van der Waals surface area contributed by atoms with Gasteiger partial charge in [-0.3, -0.25) is 14.3 Å². The van der Waals surface area contributed by atoms with Gasteiger partial charge in [0, 0.05) is 32.0 Å². The Morgan fingerprint density at radius 3 is 2.29 bits per heavy atom. The van der Waals surface area contributed by atoms with E-state index in [0.29, 0.717) is 24.7 Å². The van der Waals surface area contributed by atoms with Crippen molar-refractivity contribution in [2.75, 3.05) is 20.1 Å². The van der Waals surface area contributed by atoms with Crippen molar-refractivity contribution in [3.63, 3.8) is 0 Å². The van der Waals surface area contributed by atoms with Gasteiger partial charge >= 0.3 is 0 Å². The molecule has 1 saturated carbocycles. The fourth-order valence-corrected chi connectivity index (χ4v) is 3.35. The second-order valence-corrected chi connectivity index (χ2v) is 7.99. The van der Waals surface area contributed by atoms with Gasteiger partial charge in [0.1, 0.15) is 5.69 Å². The van der Waals surface area contributed by atoms with Gasteiger partial charge < -0.3 is 10.2 Å². The molecule has 0 atom stereocenters. The minimum Gasteiger partial charge on any atom is -0.359 e. The maximum absolute atomic E-state index is 13.0. The number of hydrogen-bond acceptors (Lipinski definition) is 3. The highest BCUT2D eigenvalue weighted by atomic mass is 16.2. The smallest absolute Gasteiger partial charge is 0.272 e. The molecule has 2 heterocycles. The average molecular weight is 332 g/mol. The number of nitrogens with one attached hydrogen (secondary N) is 1. The Morgan fingerprint density at radius 2 is 1.79 bits per heavy atom. The zero-order valence-corrected chi connectivity index (χ0v) is 15.1. The van der Waals surface area contributed by atoms with Crippen LogP contribution >= 0.6 is 0 Å². The van der Waals surface area contributed by atoms with E-state index >= 15 is 0 Å². The second-order valence-electron chi connectivity index (χ2n) is 7.99. The first-order chi connectivity index (χ1) is 11.3. The van der Waals surface area contributed by atoms with Gasteiger partial charge in [0.05, 0.1) is 11.2 Å². The molecule has 0 unspecified atom stereocenters. The predicted molar refractivity (Wildman–Crippen MR) is 91.9 cm³/mol. The Kier molecular flexibility index (Phi) is 4.40. The molecule has 2 aliphatic rings. The van der Waals surface area contributed by atoms with E-state index in [1.807, 2.05) is 15.6 Å². The number of aromatic nitrogens is 2. The van der Waals surface area contributed by atoms with Crippen molar-refractivity contribution in [2.45, 2.75) is 57.9 Å². The van der Waals surface area contributed by atoms with E-state index < -0.39 is 0 Å². The van der Waals surface area contributed by atoms with Crippen molar-refractivity contribution >= 4 is 11.8 Å². The number of amides is 2. The van der Waals surface area contributed by atoms with E-state index in [0.717, 1.165) is 18.5 Å². The predicted octanol–water partition coefficient (Wildman–Crippen LogP) is 2.11. The Labute approximate surface area is 143 Å². The molecule has 1 aromatic rings. The average Bonchev–Trinajstić information content (AvgIpc) is 3.30. The third-order valence-corrected chi connectivity index (χ3v) is 4.98. The maximum atomic E-state index is 13.0. The summed E-state index contributed by atoms with van der Waals surface area (Å²) >= 11 is 0. The Balaban J connectivity index is 1.77. The quantitative estimate of drug-likeness (QED) is 0.922. The van der Waals surface area contributed by atoms with Gasteiger partial charge in [-0.15, -0.1) is 0 Å². The van der Waals surface area contributed by atoms with Crippen LogP contribution in [0.25, 0.3) is 0 Å². The molecule has 6 heteroatoms.